The van der Waals surface area contributed by atoms with Gasteiger partial charge in [0.15, 0.2) is 11.5 Å². The number of halogens is 1. The molecule has 0 saturated heterocycles. The van der Waals surface area contributed by atoms with E-state index in [4.69, 9.17) is 21.1 Å². The van der Waals surface area contributed by atoms with Crippen molar-refractivity contribution in [2.45, 2.75) is 51.5 Å². The minimum Gasteiger partial charge on any atom is -0.490 e. The molecule has 0 amide bonds. The molecule has 2 atom stereocenters. The average molecular weight is 283 g/mol. The van der Waals surface area contributed by atoms with E-state index in [0.717, 1.165) is 35.8 Å². The van der Waals surface area contributed by atoms with E-state index in [1.807, 2.05) is 25.1 Å². The Morgan fingerprint density at radius 3 is 2.79 bits per heavy atom. The fourth-order valence-electron chi connectivity index (χ4n) is 2.67. The van der Waals surface area contributed by atoms with E-state index in [0.29, 0.717) is 18.6 Å². The van der Waals surface area contributed by atoms with Gasteiger partial charge in [-0.25, -0.2) is 0 Å². The van der Waals surface area contributed by atoms with Crippen molar-refractivity contribution in [3.05, 3.63) is 23.8 Å². The summed E-state index contributed by atoms with van der Waals surface area (Å²) in [5, 5.41) is 0. The minimum absolute atomic E-state index is 0.324. The van der Waals surface area contributed by atoms with Gasteiger partial charge in [-0.1, -0.05) is 19.4 Å². The van der Waals surface area contributed by atoms with E-state index in [1.54, 1.807) is 0 Å². The van der Waals surface area contributed by atoms with Crippen LogP contribution in [0.1, 0.15) is 45.1 Å². The van der Waals surface area contributed by atoms with Crippen LogP contribution in [0.3, 0.4) is 0 Å². The molecule has 3 heteroatoms. The van der Waals surface area contributed by atoms with Crippen LogP contribution in [0.25, 0.3) is 0 Å². The number of ether oxygens (including phenoxy) is 2. The second-order valence-electron chi connectivity index (χ2n) is 5.36. The van der Waals surface area contributed by atoms with Gasteiger partial charge in [0.05, 0.1) is 12.7 Å². The highest BCUT2D eigenvalue weighted by Crippen LogP contribution is 2.33. The second kappa shape index (κ2) is 7.04. The molecular weight excluding hydrogens is 260 g/mol. The molecule has 0 aliphatic heterocycles. The fourth-order valence-corrected chi connectivity index (χ4v) is 2.83. The number of alkyl halides is 1. The monoisotopic (exact) mass is 282 g/mol. The van der Waals surface area contributed by atoms with E-state index >= 15 is 0 Å². The van der Waals surface area contributed by atoms with Crippen LogP contribution in [0, 0.1) is 5.92 Å². The first kappa shape index (κ1) is 14.5. The molecule has 2 unspecified atom stereocenters. The van der Waals surface area contributed by atoms with Crippen LogP contribution >= 0.6 is 11.6 Å². The Balaban J connectivity index is 2.09. The smallest absolute Gasteiger partial charge is 0.161 e. The third-order valence-corrected chi connectivity index (χ3v) is 3.95. The predicted molar refractivity (Wildman–Crippen MR) is 79.2 cm³/mol. The molecule has 0 N–H and O–H groups in total. The molecule has 1 aromatic carbocycles. The standard InChI is InChI=1S/C16H23ClO2/c1-3-18-16-10-13(11-17)7-8-15(16)19-14-6-4-5-12(2)9-14/h7-8,10,12,14H,3-6,9,11H2,1-2H3. The molecule has 1 aliphatic rings. The molecule has 106 valence electrons. The summed E-state index contributed by atoms with van der Waals surface area (Å²) >= 11 is 5.87. The molecule has 0 spiro atoms. The Kier molecular flexibility index (Phi) is 5.38. The average Bonchev–Trinajstić information content (AvgIpc) is 2.41. The first-order valence-corrected chi connectivity index (χ1v) is 7.74. The molecule has 1 aromatic rings. The lowest BCUT2D eigenvalue weighted by Gasteiger charge is -2.28. The zero-order chi connectivity index (χ0) is 13.7. The van der Waals surface area contributed by atoms with E-state index in [-0.39, 0.29) is 0 Å². The van der Waals surface area contributed by atoms with Gasteiger partial charge >= 0.3 is 0 Å². The lowest BCUT2D eigenvalue weighted by molar-refractivity contribution is 0.124. The molecule has 0 bridgehead atoms. The molecular formula is C16H23ClO2. The second-order valence-corrected chi connectivity index (χ2v) is 5.63. The van der Waals surface area contributed by atoms with E-state index in [2.05, 4.69) is 6.92 Å². The normalized spacial score (nSPS) is 23.1. The Morgan fingerprint density at radius 2 is 2.11 bits per heavy atom. The van der Waals surface area contributed by atoms with Gasteiger partial charge in [-0.15, -0.1) is 11.6 Å². The number of hydrogen-bond donors (Lipinski definition) is 0. The minimum atomic E-state index is 0.324. The lowest BCUT2D eigenvalue weighted by atomic mass is 9.89. The molecule has 19 heavy (non-hydrogen) atoms. The number of hydrogen-bond acceptors (Lipinski definition) is 2. The van der Waals surface area contributed by atoms with Crippen LogP contribution in [0.5, 0.6) is 11.5 Å². The maximum atomic E-state index is 6.14. The van der Waals surface area contributed by atoms with Gasteiger partial charge in [0.25, 0.3) is 0 Å². The van der Waals surface area contributed by atoms with Crippen LogP contribution < -0.4 is 9.47 Å². The van der Waals surface area contributed by atoms with Crippen LogP contribution in [-0.4, -0.2) is 12.7 Å². The molecule has 1 saturated carbocycles. The van der Waals surface area contributed by atoms with Crippen LogP contribution in [0.15, 0.2) is 18.2 Å². The van der Waals surface area contributed by atoms with E-state index in [9.17, 15) is 0 Å². The van der Waals surface area contributed by atoms with Crippen molar-refractivity contribution in [3.8, 4) is 11.5 Å². The Morgan fingerprint density at radius 1 is 1.26 bits per heavy atom. The van der Waals surface area contributed by atoms with Gasteiger partial charge in [-0.2, -0.15) is 0 Å². The molecule has 2 nitrogen and oxygen atoms in total. The van der Waals surface area contributed by atoms with Crippen molar-refractivity contribution >= 4 is 11.6 Å². The van der Waals surface area contributed by atoms with Crippen LogP contribution in [0.2, 0.25) is 0 Å². The molecule has 1 aliphatic carbocycles. The first-order chi connectivity index (χ1) is 9.22. The Bertz CT molecular complexity index is 406. The Hall–Kier alpha value is -0.890. The van der Waals surface area contributed by atoms with Crippen LogP contribution in [0.4, 0.5) is 0 Å². The molecule has 2 rings (SSSR count). The summed E-state index contributed by atoms with van der Waals surface area (Å²) in [6, 6.07) is 5.98. The highest BCUT2D eigenvalue weighted by Gasteiger charge is 2.21. The van der Waals surface area contributed by atoms with Gasteiger partial charge in [-0.3, -0.25) is 0 Å². The maximum absolute atomic E-state index is 6.14. The molecule has 0 radical (unpaired) electrons. The first-order valence-electron chi connectivity index (χ1n) is 7.21. The summed E-state index contributed by atoms with van der Waals surface area (Å²) in [6.07, 6.45) is 5.19. The largest absolute Gasteiger partial charge is 0.490 e. The van der Waals surface area contributed by atoms with Gasteiger partial charge < -0.3 is 9.47 Å². The summed E-state index contributed by atoms with van der Waals surface area (Å²) in [5.74, 6) is 2.94. The third kappa shape index (κ3) is 4.04. The SMILES string of the molecule is CCOc1cc(CCl)ccc1OC1CCCC(C)C1. The van der Waals surface area contributed by atoms with Gasteiger partial charge in [0, 0.05) is 5.88 Å². The van der Waals surface area contributed by atoms with Crippen molar-refractivity contribution in [3.63, 3.8) is 0 Å². The summed E-state index contributed by atoms with van der Waals surface area (Å²) in [5.41, 5.74) is 1.06. The number of rotatable bonds is 5. The zero-order valence-corrected chi connectivity index (χ0v) is 12.6. The van der Waals surface area contributed by atoms with Crippen molar-refractivity contribution in [2.24, 2.45) is 5.92 Å². The van der Waals surface area contributed by atoms with Crippen LogP contribution in [-0.2, 0) is 5.88 Å². The van der Waals surface area contributed by atoms with Crippen molar-refractivity contribution < 1.29 is 9.47 Å². The maximum Gasteiger partial charge on any atom is 0.161 e. The van der Waals surface area contributed by atoms with Crippen molar-refractivity contribution in [2.75, 3.05) is 6.61 Å². The third-order valence-electron chi connectivity index (χ3n) is 3.64. The lowest BCUT2D eigenvalue weighted by Crippen LogP contribution is -2.24. The zero-order valence-electron chi connectivity index (χ0n) is 11.8. The van der Waals surface area contributed by atoms with E-state index < -0.39 is 0 Å². The summed E-state index contributed by atoms with van der Waals surface area (Å²) < 4.78 is 11.8. The number of benzene rings is 1. The highest BCUT2D eigenvalue weighted by molar-refractivity contribution is 6.17. The van der Waals surface area contributed by atoms with Gasteiger partial charge in [-0.05, 0) is 49.8 Å². The predicted octanol–water partition coefficient (Wildman–Crippen LogP) is 4.78. The topological polar surface area (TPSA) is 18.5 Å². The summed E-state index contributed by atoms with van der Waals surface area (Å²) in [6.45, 7) is 4.93. The molecule has 0 aromatic heterocycles. The quantitative estimate of drug-likeness (QED) is 0.724. The van der Waals surface area contributed by atoms with E-state index in [1.165, 1.54) is 12.8 Å². The van der Waals surface area contributed by atoms with Gasteiger partial charge in [0.1, 0.15) is 0 Å². The molecule has 1 fully saturated rings. The summed E-state index contributed by atoms with van der Waals surface area (Å²) in [7, 11) is 0. The van der Waals surface area contributed by atoms with Crippen molar-refractivity contribution in [1.82, 2.24) is 0 Å². The Labute approximate surface area is 121 Å². The highest BCUT2D eigenvalue weighted by atomic mass is 35.5. The molecule has 0 heterocycles. The fraction of sp³-hybridized carbons (Fsp3) is 0.625. The van der Waals surface area contributed by atoms with Crippen molar-refractivity contribution in [1.29, 1.82) is 0 Å². The van der Waals surface area contributed by atoms with Gasteiger partial charge in [0.2, 0.25) is 0 Å². The summed E-state index contributed by atoms with van der Waals surface area (Å²) in [4.78, 5) is 0.